The van der Waals surface area contributed by atoms with Crippen LogP contribution in [0.1, 0.15) is 83.1 Å². The molecule has 0 aromatic carbocycles. The van der Waals surface area contributed by atoms with E-state index in [9.17, 15) is 19.8 Å². The zero-order valence-corrected chi connectivity index (χ0v) is 21.7. The van der Waals surface area contributed by atoms with E-state index in [4.69, 9.17) is 0 Å². The molecule has 4 nitrogen and oxygen atoms in total. The van der Waals surface area contributed by atoms with E-state index in [-0.39, 0.29) is 60.8 Å². The van der Waals surface area contributed by atoms with Crippen LogP contribution in [-0.4, -0.2) is 49.3 Å². The van der Waals surface area contributed by atoms with Gasteiger partial charge in [0.05, 0.1) is 0 Å². The van der Waals surface area contributed by atoms with E-state index in [1.807, 2.05) is 83.1 Å². The molecule has 0 fully saturated rings. The molecule has 0 atom stereocenters. The van der Waals surface area contributed by atoms with E-state index in [1.54, 1.807) is 0 Å². The fourth-order valence-corrected chi connectivity index (χ4v) is 1.10. The van der Waals surface area contributed by atoms with Crippen molar-refractivity contribution < 1.29 is 19.8 Å². The average molecular weight is 407 g/mol. The quantitative estimate of drug-likeness (QED) is 0.400. The van der Waals surface area contributed by atoms with Gasteiger partial charge >= 0.3 is 37.7 Å². The summed E-state index contributed by atoms with van der Waals surface area (Å²) < 4.78 is 0. The maximum absolute atomic E-state index is 11.4. The minimum atomic E-state index is -0.457. The van der Waals surface area contributed by atoms with Gasteiger partial charge in [-0.1, -0.05) is 83.1 Å². The summed E-state index contributed by atoms with van der Waals surface area (Å²) in [6.07, 6.45) is 2.44. The first-order chi connectivity index (χ1) is 11.1. The van der Waals surface area contributed by atoms with Gasteiger partial charge in [0.25, 0.3) is 0 Å². The fraction of sp³-hybridized carbons (Fsp3) is 0.727. The molecule has 152 valence electrons. The molecule has 0 aliphatic carbocycles. The summed E-state index contributed by atoms with van der Waals surface area (Å²) >= 11 is 0. The Morgan fingerprint density at radius 3 is 0.815 bits per heavy atom. The number of hydrogen-bond donors (Lipinski definition) is 0. The van der Waals surface area contributed by atoms with Gasteiger partial charge in [0.1, 0.15) is 0 Å². The Labute approximate surface area is 196 Å². The minimum Gasteiger partial charge on any atom is -0.875 e. The van der Waals surface area contributed by atoms with E-state index < -0.39 is 21.7 Å². The van der Waals surface area contributed by atoms with E-state index in [0.717, 1.165) is 0 Å². The topological polar surface area (TPSA) is 80.3 Å². The molecule has 0 bridgehead atoms. The number of ketones is 2. The fourth-order valence-electron chi connectivity index (χ4n) is 1.10. The average Bonchev–Trinajstić information content (AvgIpc) is 2.34. The molecule has 0 amide bonds. The number of carbonyl (C=O) groups excluding carboxylic acids is 2. The second-order valence-electron chi connectivity index (χ2n) is 10.7. The molecule has 27 heavy (non-hydrogen) atoms. The van der Waals surface area contributed by atoms with E-state index in [1.165, 1.54) is 12.2 Å². The van der Waals surface area contributed by atoms with Gasteiger partial charge in [-0.3, -0.25) is 9.59 Å². The predicted octanol–water partition coefficient (Wildman–Crippen LogP) is 3.40. The Hall–Kier alpha value is -0.320. The molecular formula is C22H38CaO4. The Morgan fingerprint density at radius 2 is 0.704 bits per heavy atom. The van der Waals surface area contributed by atoms with Crippen molar-refractivity contribution in [2.45, 2.75) is 83.1 Å². The molecule has 0 aromatic heterocycles. The Balaban J connectivity index is -0.000000411. The zero-order chi connectivity index (χ0) is 21.7. The van der Waals surface area contributed by atoms with Crippen LogP contribution < -0.4 is 10.2 Å². The van der Waals surface area contributed by atoms with Crippen molar-refractivity contribution in [1.29, 1.82) is 0 Å². The first-order valence-electron chi connectivity index (χ1n) is 8.97. The smallest absolute Gasteiger partial charge is 0.875 e. The summed E-state index contributed by atoms with van der Waals surface area (Å²) in [7, 11) is 0. The van der Waals surface area contributed by atoms with Gasteiger partial charge in [-0.15, -0.1) is 11.5 Å². The summed E-state index contributed by atoms with van der Waals surface area (Å²) in [4.78, 5) is 22.9. The molecule has 0 aliphatic heterocycles. The van der Waals surface area contributed by atoms with E-state index in [2.05, 4.69) is 0 Å². The Bertz CT molecular complexity index is 505. The molecule has 0 unspecified atom stereocenters. The first kappa shape index (κ1) is 31.4. The van der Waals surface area contributed by atoms with Crippen molar-refractivity contribution in [3.8, 4) is 0 Å². The second kappa shape index (κ2) is 11.0. The first-order valence-corrected chi connectivity index (χ1v) is 8.97. The van der Waals surface area contributed by atoms with E-state index in [0.29, 0.717) is 0 Å². The van der Waals surface area contributed by atoms with Crippen LogP contribution in [-0.2, 0) is 9.59 Å². The molecule has 0 rings (SSSR count). The van der Waals surface area contributed by atoms with Crippen LogP contribution in [0.2, 0.25) is 0 Å². The van der Waals surface area contributed by atoms with E-state index >= 15 is 0 Å². The molecule has 0 saturated carbocycles. The second-order valence-corrected chi connectivity index (χ2v) is 10.7. The maximum atomic E-state index is 11.4. The van der Waals surface area contributed by atoms with Crippen LogP contribution in [0.25, 0.3) is 0 Å². The molecule has 0 aliphatic rings. The zero-order valence-electron chi connectivity index (χ0n) is 19.5. The standard InChI is InChI=1S/2C11H20O2.Ca/c2*1-10(2,3)8(12)7-9(13)11(4,5)6;/h2*7,12H,1-6H3;/q;;+2/p-2/b2*8-7-;. The van der Waals surface area contributed by atoms with Crippen molar-refractivity contribution in [3.05, 3.63) is 23.7 Å². The summed E-state index contributed by atoms with van der Waals surface area (Å²) in [6.45, 7) is 21.7. The predicted molar refractivity (Wildman–Crippen MR) is 110 cm³/mol. The molecule has 0 heterocycles. The van der Waals surface area contributed by atoms with Gasteiger partial charge in [-0.25, -0.2) is 0 Å². The van der Waals surface area contributed by atoms with Crippen LogP contribution in [0.3, 0.4) is 0 Å². The monoisotopic (exact) mass is 406 g/mol. The molecule has 0 saturated heterocycles. The van der Waals surface area contributed by atoms with Gasteiger partial charge in [0.15, 0.2) is 11.6 Å². The molecular weight excluding hydrogens is 368 g/mol. The number of hydrogen-bond acceptors (Lipinski definition) is 4. The van der Waals surface area contributed by atoms with Crippen LogP contribution in [0.4, 0.5) is 0 Å². The molecule has 0 spiro atoms. The Morgan fingerprint density at radius 1 is 0.519 bits per heavy atom. The molecule has 0 N–H and O–H groups in total. The van der Waals surface area contributed by atoms with Crippen LogP contribution in [0.15, 0.2) is 23.7 Å². The summed E-state index contributed by atoms with van der Waals surface area (Å²) in [6, 6.07) is 0. The van der Waals surface area contributed by atoms with Crippen LogP contribution in [0.5, 0.6) is 0 Å². The summed E-state index contributed by atoms with van der Waals surface area (Å²) in [5.74, 6) is -0.417. The van der Waals surface area contributed by atoms with Gasteiger partial charge in [0.2, 0.25) is 0 Å². The Kier molecular flexibility index (Phi) is 12.8. The number of allylic oxidation sites excluding steroid dienone is 4. The summed E-state index contributed by atoms with van der Waals surface area (Å²) in [5.41, 5.74) is -1.83. The van der Waals surface area contributed by atoms with Crippen molar-refractivity contribution in [1.82, 2.24) is 0 Å². The molecule has 0 aromatic rings. The van der Waals surface area contributed by atoms with Crippen molar-refractivity contribution in [3.63, 3.8) is 0 Å². The summed E-state index contributed by atoms with van der Waals surface area (Å²) in [5, 5.41) is 22.9. The third kappa shape index (κ3) is 14.3. The normalized spacial score (nSPS) is 13.9. The molecule has 0 radical (unpaired) electrons. The molecule has 5 heteroatoms. The van der Waals surface area contributed by atoms with Gasteiger partial charge in [-0.2, -0.15) is 0 Å². The maximum Gasteiger partial charge on any atom is 2.00 e. The van der Waals surface area contributed by atoms with Gasteiger partial charge < -0.3 is 10.2 Å². The third-order valence-corrected chi connectivity index (χ3v) is 3.48. The number of carbonyl (C=O) groups is 2. The van der Waals surface area contributed by atoms with Crippen LogP contribution in [0, 0.1) is 21.7 Å². The SMILES string of the molecule is CC(C)(C)C(=O)/C=C(\[O-])C(C)(C)C.CC(C)(C)C(=O)/C=C(\[O-])C(C)(C)C.[Ca+2]. The van der Waals surface area contributed by atoms with Crippen molar-refractivity contribution in [2.75, 3.05) is 0 Å². The minimum absolute atomic E-state index is 0. The number of rotatable bonds is 2. The van der Waals surface area contributed by atoms with Gasteiger partial charge in [-0.05, 0) is 23.0 Å². The van der Waals surface area contributed by atoms with Gasteiger partial charge in [0, 0.05) is 10.8 Å². The largest absolute Gasteiger partial charge is 2.00 e. The van der Waals surface area contributed by atoms with Crippen LogP contribution >= 0.6 is 0 Å². The van der Waals surface area contributed by atoms with Crippen molar-refractivity contribution >= 4 is 49.3 Å². The van der Waals surface area contributed by atoms with Crippen molar-refractivity contribution in [2.24, 2.45) is 21.7 Å². The third-order valence-electron chi connectivity index (χ3n) is 3.48.